The van der Waals surface area contributed by atoms with E-state index in [4.69, 9.17) is 9.47 Å². The number of unbranched alkanes of at least 4 members (excludes halogenated alkanes) is 1. The molecule has 8 heteroatoms. The molecule has 0 aliphatic carbocycles. The maximum absolute atomic E-state index is 13.0. The van der Waals surface area contributed by atoms with Crippen molar-refractivity contribution in [1.82, 2.24) is 9.97 Å². The van der Waals surface area contributed by atoms with Gasteiger partial charge in [-0.25, -0.2) is 4.98 Å². The van der Waals surface area contributed by atoms with Gasteiger partial charge in [-0.2, -0.15) is 18.2 Å². The molecule has 0 bridgehead atoms. The largest absolute Gasteiger partial charge is 0.497 e. The van der Waals surface area contributed by atoms with Crippen LogP contribution in [-0.2, 0) is 6.18 Å². The maximum atomic E-state index is 13.0. The topological polar surface area (TPSA) is 56.3 Å². The highest BCUT2D eigenvalue weighted by molar-refractivity contribution is 5.55. The van der Waals surface area contributed by atoms with E-state index in [1.165, 1.54) is 0 Å². The Bertz CT molecular complexity index is 661. The summed E-state index contributed by atoms with van der Waals surface area (Å²) >= 11 is 0. The Morgan fingerprint density at radius 1 is 1.17 bits per heavy atom. The van der Waals surface area contributed by atoms with Gasteiger partial charge in [0.2, 0.25) is 11.8 Å². The molecule has 0 aliphatic rings. The lowest BCUT2D eigenvalue weighted by Gasteiger charge is -2.14. The van der Waals surface area contributed by atoms with Gasteiger partial charge in [0.15, 0.2) is 0 Å². The number of methoxy groups -OCH3 is 1. The van der Waals surface area contributed by atoms with Crippen LogP contribution in [0.5, 0.6) is 11.6 Å². The van der Waals surface area contributed by atoms with Crippen LogP contribution in [0.3, 0.4) is 0 Å². The first-order valence-electron chi connectivity index (χ1n) is 7.42. The summed E-state index contributed by atoms with van der Waals surface area (Å²) < 4.78 is 49.2. The Labute approximate surface area is 137 Å². The zero-order valence-corrected chi connectivity index (χ0v) is 13.4. The molecule has 0 atom stereocenters. The maximum Gasteiger partial charge on any atom is 0.423 e. The van der Waals surface area contributed by atoms with Crippen LogP contribution >= 0.6 is 0 Å². The predicted molar refractivity (Wildman–Crippen MR) is 83.7 cm³/mol. The van der Waals surface area contributed by atoms with Gasteiger partial charge >= 0.3 is 6.18 Å². The average Bonchev–Trinajstić information content (AvgIpc) is 2.55. The monoisotopic (exact) mass is 341 g/mol. The number of ether oxygens (including phenoxy) is 2. The number of anilines is 2. The van der Waals surface area contributed by atoms with E-state index < -0.39 is 17.6 Å². The van der Waals surface area contributed by atoms with Gasteiger partial charge in [0.1, 0.15) is 11.3 Å². The lowest BCUT2D eigenvalue weighted by Crippen LogP contribution is -2.13. The fourth-order valence-corrected chi connectivity index (χ4v) is 1.85. The molecular formula is C16H18F3N3O2. The fraction of sp³-hybridized carbons (Fsp3) is 0.375. The van der Waals surface area contributed by atoms with E-state index in [0.29, 0.717) is 17.9 Å². The Balaban J connectivity index is 2.21. The lowest BCUT2D eigenvalue weighted by molar-refractivity contribution is -0.139. The third-order valence-corrected chi connectivity index (χ3v) is 3.14. The molecule has 0 saturated carbocycles. The van der Waals surface area contributed by atoms with Crippen molar-refractivity contribution in [3.8, 4) is 11.6 Å². The zero-order chi connectivity index (χ0) is 17.6. The molecule has 24 heavy (non-hydrogen) atoms. The van der Waals surface area contributed by atoms with Crippen molar-refractivity contribution >= 4 is 11.6 Å². The summed E-state index contributed by atoms with van der Waals surface area (Å²) in [5.74, 6) is 0.221. The number of hydrogen-bond donors (Lipinski definition) is 1. The molecule has 0 aliphatic heterocycles. The summed E-state index contributed by atoms with van der Waals surface area (Å²) in [4.78, 5) is 7.57. The SMILES string of the molecule is CCCCOc1nc(Nc2ccc(OC)cc2)ncc1C(F)(F)F. The molecule has 0 fully saturated rings. The first-order valence-corrected chi connectivity index (χ1v) is 7.42. The first kappa shape index (κ1) is 17.8. The van der Waals surface area contributed by atoms with Crippen LogP contribution in [0.1, 0.15) is 25.3 Å². The number of aromatic nitrogens is 2. The fourth-order valence-electron chi connectivity index (χ4n) is 1.85. The summed E-state index contributed by atoms with van der Waals surface area (Å²) in [5.41, 5.74) is -0.367. The minimum absolute atomic E-state index is 0.0275. The molecule has 2 rings (SSSR count). The van der Waals surface area contributed by atoms with E-state index in [-0.39, 0.29) is 12.6 Å². The van der Waals surface area contributed by atoms with Gasteiger partial charge in [0.25, 0.3) is 0 Å². The van der Waals surface area contributed by atoms with E-state index >= 15 is 0 Å². The van der Waals surface area contributed by atoms with Gasteiger partial charge in [0.05, 0.1) is 13.7 Å². The number of hydrogen-bond acceptors (Lipinski definition) is 5. The van der Waals surface area contributed by atoms with Crippen LogP contribution in [0.15, 0.2) is 30.5 Å². The minimum Gasteiger partial charge on any atom is -0.497 e. The summed E-state index contributed by atoms with van der Waals surface area (Å²) in [5, 5.41) is 2.84. The molecule has 0 saturated heterocycles. The highest BCUT2D eigenvalue weighted by Crippen LogP contribution is 2.35. The van der Waals surface area contributed by atoms with Crippen molar-refractivity contribution in [3.63, 3.8) is 0 Å². The van der Waals surface area contributed by atoms with Crippen molar-refractivity contribution < 1.29 is 22.6 Å². The number of rotatable bonds is 7. The number of halogens is 3. The molecule has 0 amide bonds. The highest BCUT2D eigenvalue weighted by atomic mass is 19.4. The smallest absolute Gasteiger partial charge is 0.423 e. The van der Waals surface area contributed by atoms with Crippen LogP contribution < -0.4 is 14.8 Å². The van der Waals surface area contributed by atoms with Crippen LogP contribution in [0.25, 0.3) is 0 Å². The summed E-state index contributed by atoms with van der Waals surface area (Å²) in [7, 11) is 1.54. The lowest BCUT2D eigenvalue weighted by atomic mass is 10.3. The second-order valence-corrected chi connectivity index (χ2v) is 4.97. The first-order chi connectivity index (χ1) is 11.4. The summed E-state index contributed by atoms with van der Waals surface area (Å²) in [6.45, 7) is 2.09. The summed E-state index contributed by atoms with van der Waals surface area (Å²) in [6, 6.07) is 6.84. The van der Waals surface area contributed by atoms with Gasteiger partial charge < -0.3 is 14.8 Å². The number of alkyl halides is 3. The van der Waals surface area contributed by atoms with Crippen molar-refractivity contribution in [1.29, 1.82) is 0 Å². The van der Waals surface area contributed by atoms with E-state index in [2.05, 4.69) is 15.3 Å². The van der Waals surface area contributed by atoms with Crippen molar-refractivity contribution in [2.24, 2.45) is 0 Å². The van der Waals surface area contributed by atoms with Gasteiger partial charge in [-0.05, 0) is 30.7 Å². The average molecular weight is 341 g/mol. The van der Waals surface area contributed by atoms with Crippen molar-refractivity contribution in [2.75, 3.05) is 19.0 Å². The van der Waals surface area contributed by atoms with Crippen molar-refractivity contribution in [2.45, 2.75) is 25.9 Å². The van der Waals surface area contributed by atoms with E-state index in [9.17, 15) is 13.2 Å². The Morgan fingerprint density at radius 3 is 2.46 bits per heavy atom. The molecule has 5 nitrogen and oxygen atoms in total. The number of benzene rings is 1. The van der Waals surface area contributed by atoms with Crippen LogP contribution in [0.4, 0.5) is 24.8 Å². The van der Waals surface area contributed by atoms with E-state index in [1.54, 1.807) is 31.4 Å². The third kappa shape index (κ3) is 4.74. The Hall–Kier alpha value is -2.51. The minimum atomic E-state index is -4.57. The summed E-state index contributed by atoms with van der Waals surface area (Å²) in [6.07, 6.45) is -2.40. The second-order valence-electron chi connectivity index (χ2n) is 4.97. The molecule has 1 heterocycles. The molecule has 1 aromatic carbocycles. The van der Waals surface area contributed by atoms with E-state index in [1.807, 2.05) is 6.92 Å². The molecule has 1 N–H and O–H groups in total. The standard InChI is InChI=1S/C16H18F3N3O2/c1-3-4-9-24-14-13(16(17,18)19)10-20-15(22-14)21-11-5-7-12(23-2)8-6-11/h5-8,10H,3-4,9H2,1-2H3,(H,20,21,22). The normalized spacial score (nSPS) is 11.2. The predicted octanol–water partition coefficient (Wildman–Crippen LogP) is 4.43. The molecule has 0 unspecified atom stereocenters. The quantitative estimate of drug-likeness (QED) is 0.755. The zero-order valence-electron chi connectivity index (χ0n) is 13.4. The van der Waals surface area contributed by atoms with E-state index in [0.717, 1.165) is 12.6 Å². The molecule has 1 aromatic heterocycles. The van der Waals surface area contributed by atoms with Crippen LogP contribution in [-0.4, -0.2) is 23.7 Å². The Morgan fingerprint density at radius 2 is 1.88 bits per heavy atom. The third-order valence-electron chi connectivity index (χ3n) is 3.14. The number of nitrogens with one attached hydrogen (secondary N) is 1. The Kier molecular flexibility index (Phi) is 5.83. The van der Waals surface area contributed by atoms with Gasteiger partial charge in [-0.1, -0.05) is 13.3 Å². The molecule has 130 valence electrons. The van der Waals surface area contributed by atoms with Gasteiger partial charge in [-0.15, -0.1) is 0 Å². The number of nitrogens with zero attached hydrogens (tertiary/aromatic N) is 2. The molecule has 0 spiro atoms. The van der Waals surface area contributed by atoms with Crippen LogP contribution in [0, 0.1) is 0 Å². The van der Waals surface area contributed by atoms with Gasteiger partial charge in [0, 0.05) is 11.9 Å². The van der Waals surface area contributed by atoms with Crippen LogP contribution in [0.2, 0.25) is 0 Å². The second kappa shape index (κ2) is 7.85. The molecular weight excluding hydrogens is 323 g/mol. The molecule has 0 radical (unpaired) electrons. The van der Waals surface area contributed by atoms with Crippen molar-refractivity contribution in [3.05, 3.63) is 36.0 Å². The van der Waals surface area contributed by atoms with Gasteiger partial charge in [-0.3, -0.25) is 0 Å². The highest BCUT2D eigenvalue weighted by Gasteiger charge is 2.36. The molecule has 2 aromatic rings.